The van der Waals surface area contributed by atoms with Crippen LogP contribution in [-0.2, 0) is 27.1 Å². The van der Waals surface area contributed by atoms with Crippen molar-refractivity contribution in [2.45, 2.75) is 44.4 Å². The molecule has 0 heterocycles. The molecule has 1 unspecified atom stereocenters. The van der Waals surface area contributed by atoms with Gasteiger partial charge in [-0.25, -0.2) is 0 Å². The number of phenolic OH excluding ortho intramolecular Hbond substituents is 2. The normalized spacial score (nSPS) is 21.3. The topological polar surface area (TPSA) is 88.0 Å². The molecular formula is C16H23NO5. The van der Waals surface area contributed by atoms with Gasteiger partial charge in [0, 0.05) is 38.7 Å². The summed E-state index contributed by atoms with van der Waals surface area (Å²) in [5, 5.41) is 23.1. The second-order valence-corrected chi connectivity index (χ2v) is 5.85. The number of amides is 1. The van der Waals surface area contributed by atoms with Gasteiger partial charge in [-0.15, -0.1) is 0 Å². The van der Waals surface area contributed by atoms with Crippen molar-refractivity contribution in [1.82, 2.24) is 5.32 Å². The maximum absolute atomic E-state index is 11.7. The summed E-state index contributed by atoms with van der Waals surface area (Å²) in [5.41, 5.74) is 0.483. The molecular weight excluding hydrogens is 286 g/mol. The third-order valence-electron chi connectivity index (χ3n) is 4.73. The minimum absolute atomic E-state index is 0.0942. The maximum Gasteiger partial charge on any atom is 0.217 e. The van der Waals surface area contributed by atoms with Gasteiger partial charge in [0.25, 0.3) is 0 Å². The molecule has 0 saturated carbocycles. The predicted molar refractivity (Wildman–Crippen MR) is 80.8 cm³/mol. The van der Waals surface area contributed by atoms with Crippen molar-refractivity contribution < 1.29 is 24.5 Å². The molecule has 0 radical (unpaired) electrons. The van der Waals surface area contributed by atoms with Gasteiger partial charge in [-0.1, -0.05) is 0 Å². The van der Waals surface area contributed by atoms with Crippen LogP contribution in [0.15, 0.2) is 12.1 Å². The number of fused-ring (bicyclic) bond motifs is 1. The Balaban J connectivity index is 2.54. The summed E-state index contributed by atoms with van der Waals surface area (Å²) in [4.78, 5) is 11.7. The number of carbonyl (C=O) groups is 1. The highest BCUT2D eigenvalue weighted by Crippen LogP contribution is 2.43. The lowest BCUT2D eigenvalue weighted by Crippen LogP contribution is -2.66. The van der Waals surface area contributed by atoms with E-state index in [4.69, 9.17) is 9.47 Å². The highest BCUT2D eigenvalue weighted by molar-refractivity contribution is 5.74. The van der Waals surface area contributed by atoms with Crippen LogP contribution in [0.2, 0.25) is 0 Å². The van der Waals surface area contributed by atoms with Crippen LogP contribution < -0.4 is 5.32 Å². The summed E-state index contributed by atoms with van der Waals surface area (Å²) >= 11 is 0. The molecule has 1 amide bonds. The summed E-state index contributed by atoms with van der Waals surface area (Å²) in [6.07, 6.45) is 1.33. The molecule has 0 spiro atoms. The van der Waals surface area contributed by atoms with Crippen LogP contribution in [-0.4, -0.2) is 41.7 Å². The van der Waals surface area contributed by atoms with Gasteiger partial charge in [0.2, 0.25) is 5.91 Å². The van der Waals surface area contributed by atoms with E-state index in [2.05, 4.69) is 5.32 Å². The van der Waals surface area contributed by atoms with Gasteiger partial charge in [0.05, 0.1) is 5.54 Å². The molecule has 1 aromatic rings. The minimum atomic E-state index is -1.06. The Morgan fingerprint density at radius 3 is 2.27 bits per heavy atom. The van der Waals surface area contributed by atoms with Crippen LogP contribution >= 0.6 is 0 Å². The molecule has 122 valence electrons. The Labute approximate surface area is 130 Å². The molecule has 2 rings (SSSR count). The third kappa shape index (κ3) is 2.53. The molecule has 0 aromatic heterocycles. The molecule has 0 aliphatic heterocycles. The fraction of sp³-hybridized carbons (Fsp3) is 0.562. The zero-order valence-corrected chi connectivity index (χ0v) is 13.4. The molecule has 6 heteroatoms. The van der Waals surface area contributed by atoms with Crippen molar-refractivity contribution in [1.29, 1.82) is 0 Å². The molecule has 1 aliphatic carbocycles. The lowest BCUT2D eigenvalue weighted by Gasteiger charge is -2.49. The zero-order valence-electron chi connectivity index (χ0n) is 13.4. The van der Waals surface area contributed by atoms with Crippen LogP contribution in [0, 0.1) is 0 Å². The maximum atomic E-state index is 11.7. The molecule has 1 aliphatic rings. The van der Waals surface area contributed by atoms with Crippen molar-refractivity contribution >= 4 is 5.91 Å². The van der Waals surface area contributed by atoms with Gasteiger partial charge in [0.15, 0.2) is 5.79 Å². The number of benzene rings is 1. The average Bonchev–Trinajstić information content (AvgIpc) is 2.49. The molecule has 6 nitrogen and oxygen atoms in total. The highest BCUT2D eigenvalue weighted by atomic mass is 16.7. The SMILES string of the molecule is COC(C)(OC)C1(NC(C)=O)CCc2c(O)ccc(O)c2C1. The fourth-order valence-electron chi connectivity index (χ4n) is 3.29. The number of aromatic hydroxyl groups is 2. The first-order valence-corrected chi connectivity index (χ1v) is 7.20. The lowest BCUT2D eigenvalue weighted by molar-refractivity contribution is -0.245. The summed E-state index contributed by atoms with van der Waals surface area (Å²) in [6, 6.07) is 2.93. The van der Waals surface area contributed by atoms with E-state index in [9.17, 15) is 15.0 Å². The summed E-state index contributed by atoms with van der Waals surface area (Å²) in [7, 11) is 3.04. The van der Waals surface area contributed by atoms with Gasteiger partial charge < -0.3 is 25.0 Å². The van der Waals surface area contributed by atoms with E-state index in [1.54, 1.807) is 6.92 Å². The van der Waals surface area contributed by atoms with Gasteiger partial charge in [-0.2, -0.15) is 0 Å². The second-order valence-electron chi connectivity index (χ2n) is 5.85. The number of hydrogen-bond acceptors (Lipinski definition) is 5. The first-order chi connectivity index (χ1) is 10.3. The monoisotopic (exact) mass is 309 g/mol. The predicted octanol–water partition coefficient (Wildman–Crippen LogP) is 1.47. The van der Waals surface area contributed by atoms with Crippen molar-refractivity contribution in [3.05, 3.63) is 23.3 Å². The Morgan fingerprint density at radius 2 is 1.77 bits per heavy atom. The van der Waals surface area contributed by atoms with Crippen molar-refractivity contribution in [3.8, 4) is 11.5 Å². The average molecular weight is 309 g/mol. The van der Waals surface area contributed by atoms with E-state index >= 15 is 0 Å². The van der Waals surface area contributed by atoms with E-state index in [0.717, 1.165) is 0 Å². The molecule has 0 fully saturated rings. The molecule has 3 N–H and O–H groups in total. The minimum Gasteiger partial charge on any atom is -0.508 e. The first-order valence-electron chi connectivity index (χ1n) is 7.20. The van der Waals surface area contributed by atoms with Crippen LogP contribution in [0.3, 0.4) is 0 Å². The molecule has 0 bridgehead atoms. The third-order valence-corrected chi connectivity index (χ3v) is 4.73. The first kappa shape index (κ1) is 16.6. The number of methoxy groups -OCH3 is 2. The van der Waals surface area contributed by atoms with Crippen molar-refractivity contribution in [2.75, 3.05) is 14.2 Å². The highest BCUT2D eigenvalue weighted by Gasteiger charge is 2.52. The largest absolute Gasteiger partial charge is 0.508 e. The number of nitrogens with one attached hydrogen (secondary N) is 1. The van der Waals surface area contributed by atoms with Gasteiger partial charge in [0.1, 0.15) is 11.5 Å². The van der Waals surface area contributed by atoms with Crippen molar-refractivity contribution in [2.24, 2.45) is 0 Å². The molecule has 1 aromatic carbocycles. The molecule has 22 heavy (non-hydrogen) atoms. The van der Waals surface area contributed by atoms with E-state index < -0.39 is 11.3 Å². The second kappa shape index (κ2) is 5.78. The van der Waals surface area contributed by atoms with Crippen molar-refractivity contribution in [3.63, 3.8) is 0 Å². The Bertz CT molecular complexity index is 582. The number of phenols is 2. The number of ether oxygens (including phenoxy) is 2. The van der Waals surface area contributed by atoms with Gasteiger partial charge in [-0.3, -0.25) is 4.79 Å². The van der Waals surface area contributed by atoms with Gasteiger partial charge >= 0.3 is 0 Å². The fourth-order valence-corrected chi connectivity index (χ4v) is 3.29. The number of hydrogen-bond donors (Lipinski definition) is 3. The van der Waals surface area contributed by atoms with E-state index in [-0.39, 0.29) is 17.4 Å². The van der Waals surface area contributed by atoms with Crippen LogP contribution in [0.5, 0.6) is 11.5 Å². The van der Waals surface area contributed by atoms with E-state index in [1.165, 1.54) is 33.3 Å². The van der Waals surface area contributed by atoms with E-state index in [0.29, 0.717) is 30.4 Å². The summed E-state index contributed by atoms with van der Waals surface area (Å²) < 4.78 is 11.1. The molecule has 1 atom stereocenters. The van der Waals surface area contributed by atoms with Crippen LogP contribution in [0.25, 0.3) is 0 Å². The standard InChI is InChI=1S/C16H23NO5/c1-10(18)17-16(15(2,21-3)22-4)8-7-11-12(9-16)14(20)6-5-13(11)19/h5-6,19-20H,7-9H2,1-4H3,(H,17,18). The van der Waals surface area contributed by atoms with Gasteiger partial charge in [-0.05, 0) is 31.9 Å². The summed E-state index contributed by atoms with van der Waals surface area (Å²) in [5.74, 6) is -1.02. The smallest absolute Gasteiger partial charge is 0.217 e. The zero-order chi connectivity index (χ0) is 16.5. The summed E-state index contributed by atoms with van der Waals surface area (Å²) in [6.45, 7) is 3.19. The lowest BCUT2D eigenvalue weighted by atomic mass is 9.72. The Hall–Kier alpha value is -1.79. The molecule has 0 saturated heterocycles. The quantitative estimate of drug-likeness (QED) is 0.579. The Kier molecular flexibility index (Phi) is 4.35. The van der Waals surface area contributed by atoms with E-state index in [1.807, 2.05) is 0 Å². The Morgan fingerprint density at radius 1 is 1.23 bits per heavy atom. The van der Waals surface area contributed by atoms with Crippen LogP contribution in [0.1, 0.15) is 31.4 Å². The number of carbonyl (C=O) groups excluding carboxylic acids is 1. The van der Waals surface area contributed by atoms with Crippen LogP contribution in [0.4, 0.5) is 0 Å². The number of rotatable bonds is 4.